The molecule has 0 spiro atoms. The summed E-state index contributed by atoms with van der Waals surface area (Å²) in [6.07, 6.45) is 0. The van der Waals surface area contributed by atoms with E-state index < -0.39 is 17.4 Å². The summed E-state index contributed by atoms with van der Waals surface area (Å²) in [5.41, 5.74) is 1.83. The highest BCUT2D eigenvalue weighted by Crippen LogP contribution is 2.28. The fourth-order valence-corrected chi connectivity index (χ4v) is 1.85. The maximum absolute atomic E-state index is 13.8. The number of halogens is 2. The van der Waals surface area contributed by atoms with Gasteiger partial charge in [0.05, 0.1) is 0 Å². The van der Waals surface area contributed by atoms with Gasteiger partial charge in [0, 0.05) is 5.56 Å². The van der Waals surface area contributed by atoms with Crippen molar-refractivity contribution >= 4 is 26.6 Å². The summed E-state index contributed by atoms with van der Waals surface area (Å²) in [5.74, 6) is -2.97. The summed E-state index contributed by atoms with van der Waals surface area (Å²) in [5, 5.41) is 18.6. The third-order valence-corrected chi connectivity index (χ3v) is 3.11. The van der Waals surface area contributed by atoms with Crippen molar-refractivity contribution in [3.05, 3.63) is 35.9 Å². The number of aromatic hydroxyl groups is 2. The average Bonchev–Trinajstić information content (AvgIpc) is 2.35. The van der Waals surface area contributed by atoms with Crippen LogP contribution >= 0.6 is 0 Å². The summed E-state index contributed by atoms with van der Waals surface area (Å²) >= 11 is 0. The highest BCUT2D eigenvalue weighted by molar-refractivity contribution is 6.51. The maximum atomic E-state index is 13.8. The Labute approximate surface area is 105 Å². The van der Waals surface area contributed by atoms with E-state index in [0.29, 0.717) is 16.5 Å². The Morgan fingerprint density at radius 1 is 0.722 bits per heavy atom. The van der Waals surface area contributed by atoms with Crippen LogP contribution in [-0.4, -0.2) is 25.9 Å². The Kier molecular flexibility index (Phi) is 3.03. The van der Waals surface area contributed by atoms with Crippen LogP contribution in [0.1, 0.15) is 0 Å². The lowest BCUT2D eigenvalue weighted by molar-refractivity contribution is 0.408. The van der Waals surface area contributed by atoms with Gasteiger partial charge < -0.3 is 10.2 Å². The van der Waals surface area contributed by atoms with Crippen molar-refractivity contribution in [3.63, 3.8) is 0 Å². The summed E-state index contributed by atoms with van der Waals surface area (Å²) in [6.45, 7) is 0. The van der Waals surface area contributed by atoms with Crippen molar-refractivity contribution in [1.82, 2.24) is 0 Å². The van der Waals surface area contributed by atoms with E-state index in [1.54, 1.807) is 15.7 Å². The molecule has 0 aliphatic carbocycles. The minimum Gasteiger partial charge on any atom is -0.509 e. The third-order valence-electron chi connectivity index (χ3n) is 3.11. The van der Waals surface area contributed by atoms with E-state index in [2.05, 4.69) is 0 Å². The van der Waals surface area contributed by atoms with Crippen LogP contribution in [0.15, 0.2) is 24.3 Å². The molecule has 2 aromatic rings. The summed E-state index contributed by atoms with van der Waals surface area (Å²) in [6, 6.07) is 5.37. The van der Waals surface area contributed by atoms with Crippen molar-refractivity contribution in [1.29, 1.82) is 0 Å². The van der Waals surface area contributed by atoms with Gasteiger partial charge in [-0.05, 0) is 23.8 Å². The lowest BCUT2D eigenvalue weighted by Crippen LogP contribution is -2.28. The smallest absolute Gasteiger partial charge is 0.200 e. The first-order valence-corrected chi connectivity index (χ1v) is 5.40. The number of phenols is 2. The Bertz CT molecular complexity index is 574. The zero-order valence-electron chi connectivity index (χ0n) is 9.96. The molecule has 0 aromatic heterocycles. The fourth-order valence-electron chi connectivity index (χ4n) is 1.85. The van der Waals surface area contributed by atoms with E-state index in [-0.39, 0.29) is 11.3 Å². The predicted molar refractivity (Wildman–Crippen MR) is 71.5 cm³/mol. The first-order chi connectivity index (χ1) is 8.43. The van der Waals surface area contributed by atoms with Crippen molar-refractivity contribution in [2.75, 3.05) is 0 Å². The van der Waals surface area contributed by atoms with Gasteiger partial charge in [0.25, 0.3) is 0 Å². The second-order valence-corrected chi connectivity index (χ2v) is 4.14. The fraction of sp³-hybridized carbons (Fsp3) is 0. The molecule has 0 unspecified atom stereocenters. The van der Waals surface area contributed by atoms with Crippen LogP contribution in [0.2, 0.25) is 0 Å². The van der Waals surface area contributed by atoms with Crippen LogP contribution in [0.5, 0.6) is 11.5 Å². The molecule has 2 rings (SSSR count). The monoisotopic (exact) mass is 246 g/mol. The van der Waals surface area contributed by atoms with Gasteiger partial charge in [-0.15, -0.1) is 0 Å². The standard InChI is InChI=1S/C12H10B2F2O2/c13-9-5(1-3-7(17)10(9)14)6-2-4-8(18)12(16)11(6)15/h1-4,17-18H,13-14H2. The first kappa shape index (κ1) is 12.5. The van der Waals surface area contributed by atoms with Gasteiger partial charge in [0.15, 0.2) is 11.6 Å². The largest absolute Gasteiger partial charge is 0.509 e. The van der Waals surface area contributed by atoms with E-state index in [9.17, 15) is 13.9 Å². The van der Waals surface area contributed by atoms with Gasteiger partial charge in [0.2, 0.25) is 5.82 Å². The van der Waals surface area contributed by atoms with Gasteiger partial charge in [0.1, 0.15) is 21.4 Å². The van der Waals surface area contributed by atoms with Crippen LogP contribution < -0.4 is 10.9 Å². The lowest BCUT2D eigenvalue weighted by Gasteiger charge is -2.12. The van der Waals surface area contributed by atoms with Crippen LogP contribution in [0.3, 0.4) is 0 Å². The molecule has 90 valence electrons. The summed E-state index contributed by atoms with van der Waals surface area (Å²) < 4.78 is 27.1. The molecule has 0 bridgehead atoms. The Morgan fingerprint density at radius 3 is 1.94 bits per heavy atom. The quantitative estimate of drug-likeness (QED) is 0.669. The van der Waals surface area contributed by atoms with E-state index >= 15 is 0 Å². The van der Waals surface area contributed by atoms with Gasteiger partial charge in [-0.1, -0.05) is 17.0 Å². The van der Waals surface area contributed by atoms with E-state index in [1.165, 1.54) is 18.2 Å². The van der Waals surface area contributed by atoms with Crippen molar-refractivity contribution in [3.8, 4) is 22.6 Å². The molecule has 0 aliphatic rings. The average molecular weight is 246 g/mol. The second kappa shape index (κ2) is 4.37. The third kappa shape index (κ3) is 1.83. The molecule has 2 nitrogen and oxygen atoms in total. The molecular formula is C12H10B2F2O2. The SMILES string of the molecule is Bc1c(O)ccc(-c2ccc(O)c(F)c2F)c1B. The molecule has 0 fully saturated rings. The van der Waals surface area contributed by atoms with Crippen molar-refractivity contribution in [2.45, 2.75) is 0 Å². The first-order valence-electron chi connectivity index (χ1n) is 5.40. The number of hydrogen-bond donors (Lipinski definition) is 2. The predicted octanol–water partition coefficient (Wildman–Crippen LogP) is -0.440. The molecule has 0 heterocycles. The van der Waals surface area contributed by atoms with Crippen LogP contribution in [-0.2, 0) is 0 Å². The molecule has 0 amide bonds. The lowest BCUT2D eigenvalue weighted by atomic mass is 9.75. The molecule has 0 saturated carbocycles. The number of hydrogen-bond acceptors (Lipinski definition) is 2. The highest BCUT2D eigenvalue weighted by atomic mass is 19.2. The zero-order chi connectivity index (χ0) is 13.4. The Morgan fingerprint density at radius 2 is 1.28 bits per heavy atom. The molecule has 2 N–H and O–H groups in total. The van der Waals surface area contributed by atoms with E-state index in [4.69, 9.17) is 5.11 Å². The number of phenolic OH excluding ortho intramolecular Hbond substituents is 2. The molecule has 6 heteroatoms. The van der Waals surface area contributed by atoms with Crippen LogP contribution in [0.4, 0.5) is 8.78 Å². The van der Waals surface area contributed by atoms with Crippen LogP contribution in [0.25, 0.3) is 11.1 Å². The summed E-state index contributed by atoms with van der Waals surface area (Å²) in [7, 11) is 3.41. The minimum absolute atomic E-state index is 0.0610. The number of rotatable bonds is 1. The minimum atomic E-state index is -1.27. The van der Waals surface area contributed by atoms with Crippen molar-refractivity contribution in [2.24, 2.45) is 0 Å². The van der Waals surface area contributed by atoms with Gasteiger partial charge in [-0.25, -0.2) is 4.39 Å². The molecule has 0 atom stereocenters. The summed E-state index contributed by atoms with van der Waals surface area (Å²) in [4.78, 5) is 0. The van der Waals surface area contributed by atoms with E-state index in [0.717, 1.165) is 6.07 Å². The maximum Gasteiger partial charge on any atom is 0.200 e. The normalized spacial score (nSPS) is 10.6. The molecule has 0 aliphatic heterocycles. The van der Waals surface area contributed by atoms with E-state index in [1.807, 2.05) is 0 Å². The molecule has 2 aromatic carbocycles. The van der Waals surface area contributed by atoms with Gasteiger partial charge in [-0.2, -0.15) is 4.39 Å². The number of benzene rings is 2. The molecule has 18 heavy (non-hydrogen) atoms. The van der Waals surface area contributed by atoms with Gasteiger partial charge >= 0.3 is 0 Å². The molecule has 0 radical (unpaired) electrons. The molecule has 0 saturated heterocycles. The second-order valence-electron chi connectivity index (χ2n) is 4.14. The van der Waals surface area contributed by atoms with Gasteiger partial charge in [-0.3, -0.25) is 0 Å². The zero-order valence-corrected chi connectivity index (χ0v) is 9.96. The highest BCUT2D eigenvalue weighted by Gasteiger charge is 2.16. The Balaban J connectivity index is 2.71. The Hall–Kier alpha value is -1.97. The topological polar surface area (TPSA) is 40.5 Å². The van der Waals surface area contributed by atoms with Crippen LogP contribution in [0, 0.1) is 11.6 Å². The van der Waals surface area contributed by atoms with Crippen molar-refractivity contribution < 1.29 is 19.0 Å². The molecular weight excluding hydrogens is 236 g/mol.